The molecule has 5 heteroatoms. The molecule has 308 valence electrons. The van der Waals surface area contributed by atoms with Crippen LogP contribution >= 0.6 is 0 Å². The molecule has 0 saturated heterocycles. The van der Waals surface area contributed by atoms with Gasteiger partial charge in [0.05, 0.1) is 0 Å². The Morgan fingerprint density at radius 3 is 1.63 bits per heavy atom. The van der Waals surface area contributed by atoms with Crippen molar-refractivity contribution in [2.75, 3.05) is 0 Å². The molecule has 8 rings (SSSR count). The fourth-order valence-corrected chi connectivity index (χ4v) is 9.02. The number of halogens is 4. The number of hydrogen-bond donors (Lipinski definition) is 0. The first-order chi connectivity index (χ1) is 28.2. The number of rotatable bonds is 12. The second kappa shape index (κ2) is 24.4. The van der Waals surface area contributed by atoms with Crippen LogP contribution in [0.2, 0.25) is 0 Å². The molecular weight excluding hydrogens is 861 g/mol. The van der Waals surface area contributed by atoms with E-state index in [0.717, 1.165) is 36.8 Å². The van der Waals surface area contributed by atoms with Crippen molar-refractivity contribution in [3.63, 3.8) is 0 Å². The van der Waals surface area contributed by atoms with Gasteiger partial charge in [0.1, 0.15) is 0 Å². The number of benzene rings is 6. The van der Waals surface area contributed by atoms with Gasteiger partial charge in [-0.15, -0.1) is 35.2 Å². The van der Waals surface area contributed by atoms with Crippen LogP contribution in [0, 0.1) is 23.8 Å². The number of hydrogen-bond acceptors (Lipinski definition) is 0. The molecule has 0 heterocycles. The zero-order chi connectivity index (χ0) is 40.9. The number of allylic oxidation sites excluding steroid dienone is 4. The third-order valence-corrected chi connectivity index (χ3v) is 11.9. The predicted molar refractivity (Wildman–Crippen MR) is 238 cm³/mol. The van der Waals surface area contributed by atoms with Crippen LogP contribution in [-0.2, 0) is 43.5 Å². The average molecular weight is 915 g/mol. The maximum absolute atomic E-state index is 12.8. The second-order valence-electron chi connectivity index (χ2n) is 15.6. The van der Waals surface area contributed by atoms with Crippen LogP contribution in [0.15, 0.2) is 146 Å². The van der Waals surface area contributed by atoms with Crippen molar-refractivity contribution in [2.45, 2.75) is 90.9 Å². The Balaban J connectivity index is 0.000000265. The molecule has 2 aliphatic rings. The van der Waals surface area contributed by atoms with Crippen molar-refractivity contribution >= 4 is 3.21 Å². The van der Waals surface area contributed by atoms with E-state index in [0.29, 0.717) is 11.8 Å². The van der Waals surface area contributed by atoms with Crippen LogP contribution < -0.4 is 24.8 Å². The van der Waals surface area contributed by atoms with E-state index in [1.807, 2.05) is 36.4 Å². The van der Waals surface area contributed by atoms with Gasteiger partial charge in [0, 0.05) is 0 Å². The SMILES string of the molecule is CCCC(C)c1cc2c([c-]c1-c1ccccc1)Cc1cc(-c3ccccc3)c(C(C)CCC)cc1-2.Fc1ccc(C[C](=[Zr+2])Cc2ccc(F)cc2)cc1.[C-]1=CC=CC1.[Cl-].[Cl-]. The first-order valence-corrected chi connectivity index (χ1v) is 22.1. The van der Waals surface area contributed by atoms with Crippen molar-refractivity contribution in [1.82, 2.24) is 0 Å². The summed E-state index contributed by atoms with van der Waals surface area (Å²) < 4.78 is 26.9. The van der Waals surface area contributed by atoms with Gasteiger partial charge in [-0.05, 0) is 41.0 Å². The van der Waals surface area contributed by atoms with Gasteiger partial charge in [0.25, 0.3) is 0 Å². The van der Waals surface area contributed by atoms with Gasteiger partial charge in [-0.1, -0.05) is 142 Å². The van der Waals surface area contributed by atoms with Gasteiger partial charge < -0.3 is 24.8 Å². The van der Waals surface area contributed by atoms with E-state index < -0.39 is 0 Å². The molecule has 0 radical (unpaired) electrons. The molecule has 0 amide bonds. The zero-order valence-electron chi connectivity index (χ0n) is 35.2. The molecule has 60 heavy (non-hydrogen) atoms. The molecule has 0 fully saturated rings. The minimum Gasteiger partial charge on any atom is -1.00 e. The molecule has 2 atom stereocenters. The van der Waals surface area contributed by atoms with Gasteiger partial charge in [0.2, 0.25) is 0 Å². The molecule has 0 saturated carbocycles. The van der Waals surface area contributed by atoms with Crippen molar-refractivity contribution < 1.29 is 57.8 Å². The topological polar surface area (TPSA) is 0 Å². The summed E-state index contributed by atoms with van der Waals surface area (Å²) in [5, 5.41) is 0. The Bertz CT molecular complexity index is 2150. The summed E-state index contributed by atoms with van der Waals surface area (Å²) in [7, 11) is 0. The largest absolute Gasteiger partial charge is 1.00 e. The van der Waals surface area contributed by atoms with E-state index in [9.17, 15) is 8.78 Å². The fourth-order valence-electron chi connectivity index (χ4n) is 8.02. The van der Waals surface area contributed by atoms with Gasteiger partial charge in [-0.25, -0.2) is 12.2 Å². The molecule has 2 aliphatic carbocycles. The Morgan fingerprint density at radius 1 is 0.633 bits per heavy atom. The van der Waals surface area contributed by atoms with E-state index in [4.69, 9.17) is 0 Å². The van der Waals surface area contributed by atoms with Gasteiger partial charge >= 0.3 is 120 Å². The summed E-state index contributed by atoms with van der Waals surface area (Å²) >= 11 is 1.36. The van der Waals surface area contributed by atoms with E-state index in [1.54, 1.807) is 0 Å². The minimum absolute atomic E-state index is 0. The third-order valence-electron chi connectivity index (χ3n) is 11.0. The molecule has 0 aromatic heterocycles. The van der Waals surface area contributed by atoms with Crippen LogP contribution in [0.4, 0.5) is 8.78 Å². The van der Waals surface area contributed by atoms with E-state index in [1.165, 1.54) is 133 Å². The van der Waals surface area contributed by atoms with Gasteiger partial charge in [0.15, 0.2) is 0 Å². The quantitative estimate of drug-likeness (QED) is 0.108. The van der Waals surface area contributed by atoms with Crippen LogP contribution in [0.1, 0.15) is 105 Å². The van der Waals surface area contributed by atoms with E-state index in [-0.39, 0.29) is 36.4 Å². The molecule has 0 bridgehead atoms. The van der Waals surface area contributed by atoms with Crippen molar-refractivity contribution in [3.05, 3.63) is 203 Å². The van der Waals surface area contributed by atoms with Crippen LogP contribution in [0.5, 0.6) is 0 Å². The van der Waals surface area contributed by atoms with Crippen LogP contribution in [-0.4, -0.2) is 3.21 Å². The monoisotopic (exact) mass is 912 g/mol. The maximum Gasteiger partial charge on any atom is -0.109 e. The normalized spacial score (nSPS) is 12.7. The van der Waals surface area contributed by atoms with Crippen molar-refractivity contribution in [2.24, 2.45) is 0 Å². The molecular formula is C55H54Cl2F2Zr-2. The van der Waals surface area contributed by atoms with Crippen molar-refractivity contribution in [3.8, 4) is 33.4 Å². The zero-order valence-corrected chi connectivity index (χ0v) is 39.1. The summed E-state index contributed by atoms with van der Waals surface area (Å²) in [5.41, 5.74) is 16.1. The molecule has 2 unspecified atom stereocenters. The Morgan fingerprint density at radius 2 is 1.15 bits per heavy atom. The first kappa shape index (κ1) is 48.7. The van der Waals surface area contributed by atoms with Gasteiger partial charge in [-0.2, -0.15) is 6.08 Å². The van der Waals surface area contributed by atoms with E-state index in [2.05, 4.69) is 125 Å². The molecule has 6 aromatic carbocycles. The molecule has 6 aromatic rings. The number of fused-ring (bicyclic) bond motifs is 3. The molecule has 0 aliphatic heterocycles. The van der Waals surface area contributed by atoms with Crippen LogP contribution in [0.3, 0.4) is 0 Å². The third kappa shape index (κ3) is 13.2. The first-order valence-electron chi connectivity index (χ1n) is 20.9. The smallest absolute Gasteiger partial charge is 0.109 e. The Labute approximate surface area is 385 Å². The summed E-state index contributed by atoms with van der Waals surface area (Å²) in [5.74, 6) is 0.643. The molecule has 0 spiro atoms. The molecule has 0 N–H and O–H groups in total. The maximum atomic E-state index is 12.8. The second-order valence-corrected chi connectivity index (χ2v) is 17.3. The summed E-state index contributed by atoms with van der Waals surface area (Å²) in [6.07, 6.45) is 17.5. The predicted octanol–water partition coefficient (Wildman–Crippen LogP) is 8.98. The van der Waals surface area contributed by atoms with Crippen LogP contribution in [0.25, 0.3) is 33.4 Å². The standard InChI is InChI=1S/C35H37.C15H12F2.C5H5.2ClH.Zr/c1-5-13-24(3)30-22-34-28(20-32(30)26-15-9-7-10-16-26)19-29-21-33(27-17-11-8-12-18-27)31(23-35(29)34)25(4)14-6-2;16-14-8-4-12(5-9-14)2-1-3-13-6-10-15(17)11-7-13;1-2-4-5-3-1;;;/h7-12,15-18,20,22-25H,5-6,13-14,19H2,1-4H3;4-11H,2-3H2;1-3H,4H2;2*1H;/q-1;;-1;;;+2/p-2. The summed E-state index contributed by atoms with van der Waals surface area (Å²) in [6, 6.07) is 46.4. The Hall–Kier alpha value is -4.01. The minimum atomic E-state index is -0.206. The fraction of sp³-hybridized carbons (Fsp3) is 0.255. The molecule has 0 nitrogen and oxygen atoms in total. The average Bonchev–Trinajstić information content (AvgIpc) is 3.95. The summed E-state index contributed by atoms with van der Waals surface area (Å²) in [6.45, 7) is 9.36. The van der Waals surface area contributed by atoms with E-state index >= 15 is 0 Å². The Kier molecular flexibility index (Phi) is 19.8. The summed E-state index contributed by atoms with van der Waals surface area (Å²) in [4.78, 5) is 0. The van der Waals surface area contributed by atoms with Gasteiger partial charge in [-0.3, -0.25) is 6.08 Å². The van der Waals surface area contributed by atoms with Crippen molar-refractivity contribution in [1.29, 1.82) is 0 Å².